The van der Waals surface area contributed by atoms with Gasteiger partial charge in [-0.25, -0.2) is 0 Å². The van der Waals surface area contributed by atoms with Crippen LogP contribution in [0.5, 0.6) is 0 Å². The Morgan fingerprint density at radius 3 is 2.43 bits per heavy atom. The molecule has 21 heavy (non-hydrogen) atoms. The van der Waals surface area contributed by atoms with E-state index in [-0.39, 0.29) is 12.3 Å². The van der Waals surface area contributed by atoms with E-state index >= 15 is 0 Å². The molecule has 2 N–H and O–H groups in total. The van der Waals surface area contributed by atoms with Crippen LogP contribution in [0.2, 0.25) is 0 Å². The average Bonchev–Trinajstić information content (AvgIpc) is 2.46. The fourth-order valence-electron chi connectivity index (χ4n) is 1.94. The number of amides is 1. The van der Waals surface area contributed by atoms with Crippen molar-refractivity contribution in [3.05, 3.63) is 64.1 Å². The number of carbonyl (C=O) groups is 2. The van der Waals surface area contributed by atoms with E-state index in [0.717, 1.165) is 5.56 Å². The van der Waals surface area contributed by atoms with Gasteiger partial charge < -0.3 is 10.4 Å². The summed E-state index contributed by atoms with van der Waals surface area (Å²) in [6.07, 6.45) is 0.406. The largest absolute Gasteiger partial charge is 0.481 e. The molecule has 0 unspecified atom stereocenters. The van der Waals surface area contributed by atoms with Gasteiger partial charge in [-0.1, -0.05) is 30.3 Å². The lowest BCUT2D eigenvalue weighted by Crippen LogP contribution is -2.14. The molecule has 0 spiro atoms. The highest BCUT2D eigenvalue weighted by Gasteiger charge is 2.12. The molecular weight excluding hydrogens is 334 g/mol. The Kier molecular flexibility index (Phi) is 5.11. The monoisotopic (exact) mass is 347 g/mol. The Balaban J connectivity index is 2.18. The number of anilines is 1. The van der Waals surface area contributed by atoms with Crippen LogP contribution in [0.15, 0.2) is 53.0 Å². The highest BCUT2D eigenvalue weighted by Crippen LogP contribution is 2.21. The summed E-state index contributed by atoms with van der Waals surface area (Å²) in [7, 11) is 0. The predicted molar refractivity (Wildman–Crippen MR) is 84.5 cm³/mol. The maximum absolute atomic E-state index is 12.3. The summed E-state index contributed by atoms with van der Waals surface area (Å²) in [6, 6.07) is 14.4. The van der Waals surface area contributed by atoms with Crippen molar-refractivity contribution in [2.75, 3.05) is 5.32 Å². The van der Waals surface area contributed by atoms with Crippen LogP contribution in [0.4, 0.5) is 5.69 Å². The van der Waals surface area contributed by atoms with Crippen molar-refractivity contribution in [3.63, 3.8) is 0 Å². The molecule has 0 aromatic heterocycles. The molecule has 2 rings (SSSR count). The molecule has 0 heterocycles. The van der Waals surface area contributed by atoms with Gasteiger partial charge in [0.1, 0.15) is 0 Å². The average molecular weight is 348 g/mol. The Hall–Kier alpha value is -2.14. The minimum absolute atomic E-state index is 0.0297. The summed E-state index contributed by atoms with van der Waals surface area (Å²) in [6.45, 7) is 0. The Morgan fingerprint density at radius 1 is 1.05 bits per heavy atom. The van der Waals surface area contributed by atoms with Crippen molar-refractivity contribution in [1.82, 2.24) is 0 Å². The van der Waals surface area contributed by atoms with E-state index in [1.165, 1.54) is 0 Å². The molecule has 0 saturated heterocycles. The van der Waals surface area contributed by atoms with Crippen LogP contribution in [-0.4, -0.2) is 17.0 Å². The number of hydrogen-bond acceptors (Lipinski definition) is 2. The van der Waals surface area contributed by atoms with Crippen LogP contribution in [0, 0.1) is 0 Å². The number of benzene rings is 2. The molecule has 0 atom stereocenters. The van der Waals surface area contributed by atoms with Gasteiger partial charge in [0.2, 0.25) is 0 Å². The second-order valence-corrected chi connectivity index (χ2v) is 5.34. The number of carboxylic acids is 1. The van der Waals surface area contributed by atoms with E-state index in [0.29, 0.717) is 22.1 Å². The zero-order valence-electron chi connectivity index (χ0n) is 11.2. The normalized spacial score (nSPS) is 10.1. The molecular formula is C16H14BrNO3. The lowest BCUT2D eigenvalue weighted by atomic mass is 10.1. The maximum atomic E-state index is 12.3. The van der Waals surface area contributed by atoms with E-state index in [1.807, 2.05) is 18.2 Å². The van der Waals surface area contributed by atoms with Gasteiger partial charge in [0.15, 0.2) is 0 Å². The fraction of sp³-hybridized carbons (Fsp3) is 0.125. The van der Waals surface area contributed by atoms with Gasteiger partial charge in [0, 0.05) is 16.6 Å². The van der Waals surface area contributed by atoms with E-state index in [4.69, 9.17) is 5.11 Å². The first-order valence-corrected chi connectivity index (χ1v) is 7.23. The van der Waals surface area contributed by atoms with Crippen molar-refractivity contribution in [1.29, 1.82) is 0 Å². The molecule has 0 aliphatic heterocycles. The van der Waals surface area contributed by atoms with E-state index in [9.17, 15) is 9.59 Å². The van der Waals surface area contributed by atoms with Crippen LogP contribution in [0.25, 0.3) is 0 Å². The topological polar surface area (TPSA) is 66.4 Å². The van der Waals surface area contributed by atoms with Crippen molar-refractivity contribution >= 4 is 33.5 Å². The molecule has 4 nitrogen and oxygen atoms in total. The Bertz CT molecular complexity index is 670. The molecule has 0 radical (unpaired) electrons. The summed E-state index contributed by atoms with van der Waals surface area (Å²) >= 11 is 3.34. The molecule has 0 aliphatic rings. The molecule has 108 valence electrons. The van der Waals surface area contributed by atoms with Crippen molar-refractivity contribution in [3.8, 4) is 0 Å². The van der Waals surface area contributed by atoms with Gasteiger partial charge in [-0.05, 0) is 46.1 Å². The number of halogens is 1. The number of carboxylic acid groups (broad SMARTS) is 1. The molecule has 1 amide bonds. The van der Waals surface area contributed by atoms with Crippen LogP contribution >= 0.6 is 15.9 Å². The van der Waals surface area contributed by atoms with Gasteiger partial charge in [-0.3, -0.25) is 9.59 Å². The second-order valence-electron chi connectivity index (χ2n) is 4.48. The number of nitrogens with one attached hydrogen (secondary N) is 1. The van der Waals surface area contributed by atoms with Gasteiger partial charge in [-0.15, -0.1) is 0 Å². The first-order valence-electron chi connectivity index (χ1n) is 6.43. The fourth-order valence-corrected chi connectivity index (χ4v) is 2.40. The van der Waals surface area contributed by atoms with Gasteiger partial charge >= 0.3 is 5.97 Å². The van der Waals surface area contributed by atoms with Crippen LogP contribution in [0.1, 0.15) is 22.3 Å². The molecule has 2 aromatic carbocycles. The minimum Gasteiger partial charge on any atom is -0.481 e. The molecule has 5 heteroatoms. The standard InChI is InChI=1S/C16H14BrNO3/c17-13-7-3-2-6-12(13)16(21)18-14-8-4-1-5-11(14)9-10-15(19)20/h1-8H,9-10H2,(H,18,21)(H,19,20). The number of carbonyl (C=O) groups excluding carboxylic acids is 1. The lowest BCUT2D eigenvalue weighted by Gasteiger charge is -2.11. The van der Waals surface area contributed by atoms with Crippen LogP contribution in [0.3, 0.4) is 0 Å². The number of para-hydroxylation sites is 1. The first kappa shape index (κ1) is 15.3. The third-order valence-electron chi connectivity index (χ3n) is 2.99. The SMILES string of the molecule is O=C(O)CCc1ccccc1NC(=O)c1ccccc1Br. The third kappa shape index (κ3) is 4.16. The quantitative estimate of drug-likeness (QED) is 0.866. The summed E-state index contributed by atoms with van der Waals surface area (Å²) in [5.41, 5.74) is 1.98. The number of hydrogen-bond donors (Lipinski definition) is 2. The highest BCUT2D eigenvalue weighted by molar-refractivity contribution is 9.10. The lowest BCUT2D eigenvalue weighted by molar-refractivity contribution is -0.136. The summed E-state index contributed by atoms with van der Waals surface area (Å²) < 4.78 is 0.713. The number of rotatable bonds is 5. The molecule has 0 bridgehead atoms. The summed E-state index contributed by atoms with van der Waals surface area (Å²) in [4.78, 5) is 22.9. The molecule has 0 aliphatic carbocycles. The number of aliphatic carboxylic acids is 1. The Labute approximate surface area is 130 Å². The smallest absolute Gasteiger partial charge is 0.303 e. The van der Waals surface area contributed by atoms with Crippen LogP contribution in [-0.2, 0) is 11.2 Å². The van der Waals surface area contributed by atoms with E-state index in [1.54, 1.807) is 30.3 Å². The highest BCUT2D eigenvalue weighted by atomic mass is 79.9. The first-order chi connectivity index (χ1) is 10.1. The number of aryl methyl sites for hydroxylation is 1. The zero-order chi connectivity index (χ0) is 15.2. The van der Waals surface area contributed by atoms with Crippen molar-refractivity contribution < 1.29 is 14.7 Å². The molecule has 0 fully saturated rings. The summed E-state index contributed by atoms with van der Waals surface area (Å²) in [5, 5.41) is 11.6. The van der Waals surface area contributed by atoms with Gasteiger partial charge in [0.25, 0.3) is 5.91 Å². The van der Waals surface area contributed by atoms with Gasteiger partial charge in [-0.2, -0.15) is 0 Å². The Morgan fingerprint density at radius 2 is 1.71 bits per heavy atom. The maximum Gasteiger partial charge on any atom is 0.303 e. The van der Waals surface area contributed by atoms with E-state index in [2.05, 4.69) is 21.2 Å². The summed E-state index contributed by atoms with van der Waals surface area (Å²) in [5.74, 6) is -1.09. The zero-order valence-corrected chi connectivity index (χ0v) is 12.8. The van der Waals surface area contributed by atoms with Gasteiger partial charge in [0.05, 0.1) is 5.56 Å². The third-order valence-corrected chi connectivity index (χ3v) is 3.68. The second kappa shape index (κ2) is 7.04. The van der Waals surface area contributed by atoms with E-state index < -0.39 is 5.97 Å². The van der Waals surface area contributed by atoms with Crippen molar-refractivity contribution in [2.45, 2.75) is 12.8 Å². The minimum atomic E-state index is -0.859. The molecule has 2 aromatic rings. The van der Waals surface area contributed by atoms with Crippen molar-refractivity contribution in [2.24, 2.45) is 0 Å². The predicted octanol–water partition coefficient (Wildman–Crippen LogP) is 3.72. The van der Waals surface area contributed by atoms with Crippen LogP contribution < -0.4 is 5.32 Å². The molecule has 0 saturated carbocycles.